The first-order chi connectivity index (χ1) is 12.1. The molecule has 0 aliphatic rings. The number of phosphoric acid groups is 1. The molecule has 0 saturated carbocycles. The van der Waals surface area contributed by atoms with Crippen LogP contribution in [0.3, 0.4) is 0 Å². The summed E-state index contributed by atoms with van der Waals surface area (Å²) in [4.78, 5) is 0. The molecule has 0 unspecified atom stereocenters. The van der Waals surface area contributed by atoms with E-state index in [2.05, 4.69) is 13.8 Å². The van der Waals surface area contributed by atoms with E-state index < -0.39 is 7.82 Å². The van der Waals surface area contributed by atoms with Crippen molar-refractivity contribution >= 4 is 7.82 Å². The summed E-state index contributed by atoms with van der Waals surface area (Å²) in [7, 11) is -3.76. The SMILES string of the molecule is CCCC[C@H](CC)COP(=O)(Oc1ccccc1)Oc1ccccc1. The largest absolute Gasteiger partial charge is 0.587 e. The normalized spacial score (nSPS) is 12.6. The Bertz CT molecular complexity index is 600. The van der Waals surface area contributed by atoms with Crippen molar-refractivity contribution in [2.24, 2.45) is 5.92 Å². The van der Waals surface area contributed by atoms with Gasteiger partial charge in [0.25, 0.3) is 0 Å². The van der Waals surface area contributed by atoms with Crippen molar-refractivity contribution in [2.45, 2.75) is 39.5 Å². The van der Waals surface area contributed by atoms with Crippen molar-refractivity contribution in [3.63, 3.8) is 0 Å². The lowest BCUT2D eigenvalue weighted by atomic mass is 10.0. The summed E-state index contributed by atoms with van der Waals surface area (Å²) in [6.45, 7) is 4.63. The third-order valence-corrected chi connectivity index (χ3v) is 5.27. The molecule has 0 aliphatic heterocycles. The summed E-state index contributed by atoms with van der Waals surface area (Å²) in [5.74, 6) is 1.26. The molecule has 0 fully saturated rings. The van der Waals surface area contributed by atoms with Gasteiger partial charge in [-0.05, 0) is 36.6 Å². The molecule has 0 aliphatic carbocycles. The number of benzene rings is 2. The van der Waals surface area contributed by atoms with Crippen LogP contribution in [0.2, 0.25) is 0 Å². The van der Waals surface area contributed by atoms with Crippen molar-refractivity contribution in [1.82, 2.24) is 0 Å². The molecular weight excluding hydrogens is 335 g/mol. The van der Waals surface area contributed by atoms with Gasteiger partial charge in [0.05, 0.1) is 6.61 Å². The first-order valence-corrected chi connectivity index (χ1v) is 10.3. The fourth-order valence-corrected chi connectivity index (χ4v) is 3.68. The monoisotopic (exact) mass is 362 g/mol. The fraction of sp³-hybridized carbons (Fsp3) is 0.400. The van der Waals surface area contributed by atoms with Gasteiger partial charge in [-0.25, -0.2) is 4.57 Å². The van der Waals surface area contributed by atoms with E-state index in [9.17, 15) is 4.57 Å². The number of rotatable bonds is 11. The molecule has 25 heavy (non-hydrogen) atoms. The average Bonchev–Trinajstić information content (AvgIpc) is 2.63. The topological polar surface area (TPSA) is 44.8 Å². The van der Waals surface area contributed by atoms with Crippen LogP contribution in [0.15, 0.2) is 60.7 Å². The van der Waals surface area contributed by atoms with Gasteiger partial charge in [-0.3, -0.25) is 4.52 Å². The van der Waals surface area contributed by atoms with E-state index in [1.54, 1.807) is 24.3 Å². The molecule has 2 aromatic carbocycles. The third-order valence-electron chi connectivity index (χ3n) is 3.93. The van der Waals surface area contributed by atoms with Gasteiger partial charge >= 0.3 is 7.82 Å². The molecular formula is C20H27O4P. The summed E-state index contributed by atoms with van der Waals surface area (Å²) < 4.78 is 30.1. The average molecular weight is 362 g/mol. The Morgan fingerprint density at radius 2 is 1.40 bits per heavy atom. The van der Waals surface area contributed by atoms with E-state index in [-0.39, 0.29) is 0 Å². The van der Waals surface area contributed by atoms with E-state index in [0.717, 1.165) is 25.7 Å². The third kappa shape index (κ3) is 6.93. The minimum absolute atomic E-state index is 0.340. The minimum atomic E-state index is -3.76. The lowest BCUT2D eigenvalue weighted by molar-refractivity contribution is 0.170. The molecule has 0 spiro atoms. The van der Waals surface area contributed by atoms with E-state index >= 15 is 0 Å². The zero-order valence-electron chi connectivity index (χ0n) is 15.0. The van der Waals surface area contributed by atoms with Gasteiger partial charge in [-0.1, -0.05) is 69.5 Å². The van der Waals surface area contributed by atoms with Crippen LogP contribution in [0.1, 0.15) is 39.5 Å². The van der Waals surface area contributed by atoms with Crippen LogP contribution in [0.4, 0.5) is 0 Å². The Kier molecular flexibility index (Phi) is 8.03. The van der Waals surface area contributed by atoms with Crippen LogP contribution in [-0.4, -0.2) is 6.61 Å². The molecule has 0 N–H and O–H groups in total. The van der Waals surface area contributed by atoms with E-state index in [0.29, 0.717) is 24.0 Å². The Labute approximate surface area is 150 Å². The Balaban J connectivity index is 2.09. The molecule has 1 atom stereocenters. The number of unbranched alkanes of at least 4 members (excludes halogenated alkanes) is 1. The number of para-hydroxylation sites is 2. The van der Waals surface area contributed by atoms with E-state index in [4.69, 9.17) is 13.6 Å². The highest BCUT2D eigenvalue weighted by Crippen LogP contribution is 2.50. The molecule has 136 valence electrons. The van der Waals surface area contributed by atoms with Gasteiger partial charge in [0.2, 0.25) is 0 Å². The predicted molar refractivity (Wildman–Crippen MR) is 101 cm³/mol. The first kappa shape index (κ1) is 19.6. The summed E-state index contributed by atoms with van der Waals surface area (Å²) in [5, 5.41) is 0. The predicted octanol–water partition coefficient (Wildman–Crippen LogP) is 6.49. The molecule has 0 aromatic heterocycles. The van der Waals surface area contributed by atoms with Crippen molar-refractivity contribution < 1.29 is 18.1 Å². The number of phosphoric ester groups is 1. The highest BCUT2D eigenvalue weighted by atomic mass is 31.2. The van der Waals surface area contributed by atoms with Crippen LogP contribution in [-0.2, 0) is 9.09 Å². The maximum atomic E-state index is 13.2. The van der Waals surface area contributed by atoms with Crippen LogP contribution in [0.5, 0.6) is 11.5 Å². The van der Waals surface area contributed by atoms with Gasteiger partial charge in [0.1, 0.15) is 11.5 Å². The van der Waals surface area contributed by atoms with Crippen molar-refractivity contribution in [3.05, 3.63) is 60.7 Å². The Morgan fingerprint density at radius 1 is 0.880 bits per heavy atom. The van der Waals surface area contributed by atoms with Crippen LogP contribution >= 0.6 is 7.82 Å². The maximum absolute atomic E-state index is 13.2. The van der Waals surface area contributed by atoms with Crippen LogP contribution < -0.4 is 9.05 Å². The Morgan fingerprint density at radius 3 is 1.84 bits per heavy atom. The number of hydrogen-bond donors (Lipinski definition) is 0. The van der Waals surface area contributed by atoms with Crippen molar-refractivity contribution in [2.75, 3.05) is 6.61 Å². The second-order valence-electron chi connectivity index (χ2n) is 5.97. The second-order valence-corrected chi connectivity index (χ2v) is 7.49. The zero-order chi connectivity index (χ0) is 18.0. The molecule has 0 heterocycles. The minimum Gasteiger partial charge on any atom is -0.395 e. The summed E-state index contributed by atoms with van der Waals surface area (Å²) in [5.41, 5.74) is 0. The molecule has 5 heteroatoms. The smallest absolute Gasteiger partial charge is 0.395 e. The van der Waals surface area contributed by atoms with E-state index in [1.165, 1.54) is 0 Å². The summed E-state index contributed by atoms with van der Waals surface area (Å²) in [6, 6.07) is 17.9. The van der Waals surface area contributed by atoms with E-state index in [1.807, 2.05) is 36.4 Å². The lowest BCUT2D eigenvalue weighted by Crippen LogP contribution is -2.12. The maximum Gasteiger partial charge on any atom is 0.587 e. The van der Waals surface area contributed by atoms with Crippen LogP contribution in [0, 0.1) is 5.92 Å². The molecule has 0 saturated heterocycles. The second kappa shape index (κ2) is 10.3. The molecule has 2 aromatic rings. The standard InChI is InChI=1S/C20H27O4P/c1-3-5-12-18(4-2)17-22-25(21,23-19-13-8-6-9-14-19)24-20-15-10-7-11-16-20/h6-11,13-16,18H,3-5,12,17H2,1-2H3/t18-/m0/s1. The van der Waals surface area contributed by atoms with Crippen molar-refractivity contribution in [3.8, 4) is 11.5 Å². The summed E-state index contributed by atoms with van der Waals surface area (Å²) in [6.07, 6.45) is 4.28. The molecule has 0 bridgehead atoms. The number of hydrogen-bond acceptors (Lipinski definition) is 4. The van der Waals surface area contributed by atoms with Crippen LogP contribution in [0.25, 0.3) is 0 Å². The molecule has 2 rings (SSSR count). The molecule has 0 radical (unpaired) electrons. The van der Waals surface area contributed by atoms with Gasteiger partial charge in [0, 0.05) is 0 Å². The zero-order valence-corrected chi connectivity index (χ0v) is 15.9. The molecule has 0 amide bonds. The van der Waals surface area contributed by atoms with Gasteiger partial charge in [-0.2, -0.15) is 0 Å². The molecule has 4 nitrogen and oxygen atoms in total. The van der Waals surface area contributed by atoms with Gasteiger partial charge in [0.15, 0.2) is 0 Å². The van der Waals surface area contributed by atoms with Crippen molar-refractivity contribution in [1.29, 1.82) is 0 Å². The highest BCUT2D eigenvalue weighted by Gasteiger charge is 2.31. The van der Waals surface area contributed by atoms with Gasteiger partial charge < -0.3 is 9.05 Å². The lowest BCUT2D eigenvalue weighted by Gasteiger charge is -2.21. The quantitative estimate of drug-likeness (QED) is 0.429. The van der Waals surface area contributed by atoms with Gasteiger partial charge in [-0.15, -0.1) is 0 Å². The fourth-order valence-electron chi connectivity index (χ4n) is 2.39. The Hall–Kier alpha value is -1.77. The highest BCUT2D eigenvalue weighted by molar-refractivity contribution is 7.49. The summed E-state index contributed by atoms with van der Waals surface area (Å²) >= 11 is 0. The first-order valence-electron chi connectivity index (χ1n) is 8.89.